The SMILES string of the molecule is CC(C)(C)C(OC(N)=O)c1ccc2c(c1)CCN(C1CCC1)CC2. The number of rotatable bonds is 3. The van der Waals surface area contributed by atoms with Crippen molar-refractivity contribution in [2.45, 2.75) is 65.0 Å². The van der Waals surface area contributed by atoms with Gasteiger partial charge in [-0.1, -0.05) is 45.4 Å². The van der Waals surface area contributed by atoms with E-state index in [0.29, 0.717) is 0 Å². The molecule has 2 aliphatic rings. The van der Waals surface area contributed by atoms with E-state index in [4.69, 9.17) is 10.5 Å². The fourth-order valence-electron chi connectivity index (χ4n) is 3.90. The molecule has 1 unspecified atom stereocenters. The zero-order valence-electron chi connectivity index (χ0n) is 15.2. The molecular formula is C20H30N2O2. The third-order valence-electron chi connectivity index (χ3n) is 5.48. The van der Waals surface area contributed by atoms with Crippen LogP contribution in [0.15, 0.2) is 18.2 Å². The molecule has 1 saturated carbocycles. The molecule has 1 aromatic rings. The first-order chi connectivity index (χ1) is 11.3. The molecule has 0 spiro atoms. The molecule has 0 bridgehead atoms. The van der Waals surface area contributed by atoms with Crippen LogP contribution in [-0.4, -0.2) is 30.1 Å². The predicted molar refractivity (Wildman–Crippen MR) is 95.9 cm³/mol. The first-order valence-electron chi connectivity index (χ1n) is 9.16. The Kier molecular flexibility index (Phi) is 4.86. The van der Waals surface area contributed by atoms with Gasteiger partial charge in [0.15, 0.2) is 0 Å². The maximum atomic E-state index is 11.3. The zero-order chi connectivity index (χ0) is 17.3. The summed E-state index contributed by atoms with van der Waals surface area (Å²) in [7, 11) is 0. The number of carbonyl (C=O) groups is 1. The lowest BCUT2D eigenvalue weighted by molar-refractivity contribution is 0.0359. The van der Waals surface area contributed by atoms with Crippen molar-refractivity contribution in [3.05, 3.63) is 34.9 Å². The van der Waals surface area contributed by atoms with Gasteiger partial charge in [-0.2, -0.15) is 0 Å². The molecule has 1 aromatic carbocycles. The van der Waals surface area contributed by atoms with Gasteiger partial charge in [0.1, 0.15) is 6.10 Å². The van der Waals surface area contributed by atoms with Crippen LogP contribution in [0.3, 0.4) is 0 Å². The minimum Gasteiger partial charge on any atom is -0.441 e. The van der Waals surface area contributed by atoms with Crippen molar-refractivity contribution in [3.8, 4) is 0 Å². The molecule has 1 heterocycles. The Morgan fingerprint density at radius 3 is 2.42 bits per heavy atom. The van der Waals surface area contributed by atoms with E-state index >= 15 is 0 Å². The van der Waals surface area contributed by atoms with Gasteiger partial charge in [-0.25, -0.2) is 4.79 Å². The van der Waals surface area contributed by atoms with Crippen molar-refractivity contribution < 1.29 is 9.53 Å². The molecule has 24 heavy (non-hydrogen) atoms. The molecule has 0 radical (unpaired) electrons. The Morgan fingerprint density at radius 2 is 1.88 bits per heavy atom. The van der Waals surface area contributed by atoms with Gasteiger partial charge in [0.2, 0.25) is 0 Å². The molecule has 1 amide bonds. The average molecular weight is 330 g/mol. The van der Waals surface area contributed by atoms with E-state index in [1.54, 1.807) is 0 Å². The van der Waals surface area contributed by atoms with Crippen LogP contribution in [-0.2, 0) is 17.6 Å². The molecule has 0 saturated heterocycles. The van der Waals surface area contributed by atoms with Gasteiger partial charge in [-0.15, -0.1) is 0 Å². The highest BCUT2D eigenvalue weighted by Gasteiger charge is 2.31. The second kappa shape index (κ2) is 6.75. The summed E-state index contributed by atoms with van der Waals surface area (Å²) in [5.41, 5.74) is 9.00. The number of hydrogen-bond donors (Lipinski definition) is 1. The largest absolute Gasteiger partial charge is 0.441 e. The van der Waals surface area contributed by atoms with E-state index in [2.05, 4.69) is 43.9 Å². The third-order valence-corrected chi connectivity index (χ3v) is 5.48. The standard InChI is InChI=1S/C20H30N2O2/c1-20(2,3)18(24-19(21)23)16-8-7-14-9-11-22(17-5-4-6-17)12-10-15(14)13-16/h7-8,13,17-18H,4-6,9-12H2,1-3H3,(H2,21,23). The number of amides is 1. The number of hydrogen-bond acceptors (Lipinski definition) is 3. The van der Waals surface area contributed by atoms with E-state index in [1.807, 2.05) is 0 Å². The van der Waals surface area contributed by atoms with Crippen LogP contribution in [0.25, 0.3) is 0 Å². The number of benzene rings is 1. The first-order valence-corrected chi connectivity index (χ1v) is 9.16. The molecular weight excluding hydrogens is 300 g/mol. The summed E-state index contributed by atoms with van der Waals surface area (Å²) in [4.78, 5) is 14.0. The molecule has 3 rings (SSSR count). The van der Waals surface area contributed by atoms with Crippen molar-refractivity contribution >= 4 is 6.09 Å². The molecule has 1 aliphatic carbocycles. The lowest BCUT2D eigenvalue weighted by atomic mass is 9.83. The summed E-state index contributed by atoms with van der Waals surface area (Å²) in [5.74, 6) is 0. The van der Waals surface area contributed by atoms with Crippen LogP contribution in [0.4, 0.5) is 4.79 Å². The fraction of sp³-hybridized carbons (Fsp3) is 0.650. The number of fused-ring (bicyclic) bond motifs is 1. The lowest BCUT2D eigenvalue weighted by Gasteiger charge is -2.36. The van der Waals surface area contributed by atoms with Crippen LogP contribution in [0, 0.1) is 5.41 Å². The second-order valence-corrected chi connectivity index (χ2v) is 8.33. The van der Waals surface area contributed by atoms with E-state index in [9.17, 15) is 4.79 Å². The Balaban J connectivity index is 1.80. The molecule has 1 aliphatic heterocycles. The zero-order valence-corrected chi connectivity index (χ0v) is 15.2. The highest BCUT2D eigenvalue weighted by Crippen LogP contribution is 2.37. The number of nitrogens with two attached hydrogens (primary N) is 1. The molecule has 4 heteroatoms. The van der Waals surface area contributed by atoms with Crippen molar-refractivity contribution in [2.75, 3.05) is 13.1 Å². The monoisotopic (exact) mass is 330 g/mol. The maximum absolute atomic E-state index is 11.3. The number of primary amides is 1. The average Bonchev–Trinajstić information content (AvgIpc) is 2.64. The van der Waals surface area contributed by atoms with Crippen molar-refractivity contribution in [1.29, 1.82) is 0 Å². The van der Waals surface area contributed by atoms with Gasteiger partial charge in [0.25, 0.3) is 0 Å². The van der Waals surface area contributed by atoms with Gasteiger partial charge in [0.05, 0.1) is 0 Å². The minimum absolute atomic E-state index is 0.189. The van der Waals surface area contributed by atoms with Crippen LogP contribution >= 0.6 is 0 Å². The van der Waals surface area contributed by atoms with Gasteiger partial charge in [-0.05, 0) is 42.4 Å². The Labute approximate surface area is 145 Å². The van der Waals surface area contributed by atoms with E-state index in [-0.39, 0.29) is 11.5 Å². The fourth-order valence-corrected chi connectivity index (χ4v) is 3.90. The Hall–Kier alpha value is -1.55. The number of ether oxygens (including phenoxy) is 1. The van der Waals surface area contributed by atoms with E-state index in [1.165, 1.54) is 30.4 Å². The second-order valence-electron chi connectivity index (χ2n) is 8.33. The molecule has 2 N–H and O–H groups in total. The number of nitrogens with zero attached hydrogens (tertiary/aromatic N) is 1. The quantitative estimate of drug-likeness (QED) is 0.916. The predicted octanol–water partition coefficient (Wildman–Crippen LogP) is 3.82. The van der Waals surface area contributed by atoms with Crippen LogP contribution in [0.1, 0.15) is 62.8 Å². The van der Waals surface area contributed by atoms with Crippen molar-refractivity contribution in [2.24, 2.45) is 11.1 Å². The summed E-state index contributed by atoms with van der Waals surface area (Å²) < 4.78 is 5.44. The smallest absolute Gasteiger partial charge is 0.405 e. The van der Waals surface area contributed by atoms with Crippen LogP contribution in [0.2, 0.25) is 0 Å². The molecule has 0 aromatic heterocycles. The van der Waals surface area contributed by atoms with Crippen molar-refractivity contribution in [1.82, 2.24) is 4.90 Å². The van der Waals surface area contributed by atoms with Gasteiger partial charge >= 0.3 is 6.09 Å². The van der Waals surface area contributed by atoms with Gasteiger partial charge < -0.3 is 10.5 Å². The normalized spacial score (nSPS) is 20.6. The summed E-state index contributed by atoms with van der Waals surface area (Å²) in [6, 6.07) is 7.37. The van der Waals surface area contributed by atoms with E-state index < -0.39 is 6.09 Å². The minimum atomic E-state index is -0.707. The third kappa shape index (κ3) is 3.75. The highest BCUT2D eigenvalue weighted by atomic mass is 16.6. The first kappa shape index (κ1) is 17.3. The Morgan fingerprint density at radius 1 is 1.21 bits per heavy atom. The summed E-state index contributed by atoms with van der Waals surface area (Å²) in [6.45, 7) is 8.52. The van der Waals surface area contributed by atoms with Crippen molar-refractivity contribution in [3.63, 3.8) is 0 Å². The number of carbonyl (C=O) groups excluding carboxylic acids is 1. The molecule has 1 fully saturated rings. The highest BCUT2D eigenvalue weighted by molar-refractivity contribution is 5.65. The molecule has 1 atom stereocenters. The molecule has 132 valence electrons. The van der Waals surface area contributed by atoms with Gasteiger partial charge in [0, 0.05) is 24.5 Å². The topological polar surface area (TPSA) is 55.6 Å². The summed E-state index contributed by atoms with van der Waals surface area (Å²) in [5, 5.41) is 0. The van der Waals surface area contributed by atoms with Gasteiger partial charge in [-0.3, -0.25) is 4.90 Å². The summed E-state index contributed by atoms with van der Waals surface area (Å²) >= 11 is 0. The maximum Gasteiger partial charge on any atom is 0.405 e. The van der Waals surface area contributed by atoms with Crippen LogP contribution in [0.5, 0.6) is 0 Å². The summed E-state index contributed by atoms with van der Waals surface area (Å²) in [6.07, 6.45) is 5.28. The lowest BCUT2D eigenvalue weighted by Crippen LogP contribution is -2.41. The van der Waals surface area contributed by atoms with E-state index in [0.717, 1.165) is 37.5 Å². The Bertz CT molecular complexity index is 602. The van der Waals surface area contributed by atoms with Crippen LogP contribution < -0.4 is 5.73 Å². The molecule has 4 nitrogen and oxygen atoms in total.